The molecule has 0 aromatic carbocycles. The van der Waals surface area contributed by atoms with E-state index in [4.69, 9.17) is 37.0 Å². The number of phosphoric ester groups is 2. The number of aliphatic hydroxyl groups excluding tert-OH is 1. The zero-order valence-electron chi connectivity index (χ0n) is 61.1. The molecule has 0 fully saturated rings. The van der Waals surface area contributed by atoms with Gasteiger partial charge in [-0.15, -0.1) is 0 Å². The highest BCUT2D eigenvalue weighted by molar-refractivity contribution is 7.47. The highest BCUT2D eigenvalue weighted by Gasteiger charge is 2.30. The summed E-state index contributed by atoms with van der Waals surface area (Å²) in [5, 5.41) is 10.6. The van der Waals surface area contributed by atoms with Crippen LogP contribution in [0, 0.1) is 0 Å². The monoisotopic (exact) mass is 1390 g/mol. The van der Waals surface area contributed by atoms with Gasteiger partial charge in [0.05, 0.1) is 26.4 Å². The molecule has 0 aromatic heterocycles. The van der Waals surface area contributed by atoms with Crippen LogP contribution in [0.15, 0.2) is 24.3 Å². The lowest BCUT2D eigenvalue weighted by atomic mass is 10.0. The van der Waals surface area contributed by atoms with Crippen LogP contribution in [0.3, 0.4) is 0 Å². The van der Waals surface area contributed by atoms with E-state index in [2.05, 4.69) is 52.0 Å². The summed E-state index contributed by atoms with van der Waals surface area (Å²) in [6.07, 6.45) is 63.1. The molecule has 0 bridgehead atoms. The van der Waals surface area contributed by atoms with Gasteiger partial charge in [0.1, 0.15) is 19.3 Å². The lowest BCUT2D eigenvalue weighted by molar-refractivity contribution is -0.161. The lowest BCUT2D eigenvalue weighted by Gasteiger charge is -2.21. The minimum atomic E-state index is -4.96. The summed E-state index contributed by atoms with van der Waals surface area (Å²) in [5.74, 6) is -2.14. The van der Waals surface area contributed by atoms with Crippen LogP contribution in [0.1, 0.15) is 381 Å². The fraction of sp³-hybridized carbons (Fsp3) is 0.895. The highest BCUT2D eigenvalue weighted by Crippen LogP contribution is 2.45. The van der Waals surface area contributed by atoms with Gasteiger partial charge in [-0.25, -0.2) is 9.13 Å². The molecule has 0 amide bonds. The van der Waals surface area contributed by atoms with Crippen LogP contribution in [0.2, 0.25) is 0 Å². The number of hydrogen-bond donors (Lipinski definition) is 3. The van der Waals surface area contributed by atoms with Gasteiger partial charge in [0.25, 0.3) is 0 Å². The first kappa shape index (κ1) is 92.5. The number of phosphoric acid groups is 2. The summed E-state index contributed by atoms with van der Waals surface area (Å²) in [5.41, 5.74) is 0. The Morgan fingerprint density at radius 2 is 0.505 bits per heavy atom. The number of carbonyl (C=O) groups is 4. The Hall–Kier alpha value is -2.46. The van der Waals surface area contributed by atoms with E-state index in [9.17, 15) is 43.2 Å². The third-order valence-corrected chi connectivity index (χ3v) is 19.1. The Balaban J connectivity index is 5.26. The van der Waals surface area contributed by atoms with Crippen molar-refractivity contribution < 1.29 is 80.2 Å². The number of hydrogen-bond acceptors (Lipinski definition) is 15. The molecule has 5 atom stereocenters. The van der Waals surface area contributed by atoms with Crippen molar-refractivity contribution in [1.82, 2.24) is 0 Å². The molecular weight excluding hydrogens is 1250 g/mol. The van der Waals surface area contributed by atoms with E-state index in [1.54, 1.807) is 0 Å². The number of ether oxygens (including phenoxy) is 4. The number of rotatable bonds is 75. The second kappa shape index (κ2) is 70.0. The highest BCUT2D eigenvalue weighted by atomic mass is 31.2. The van der Waals surface area contributed by atoms with Crippen molar-refractivity contribution >= 4 is 39.5 Å². The van der Waals surface area contributed by atoms with Crippen LogP contribution in [-0.2, 0) is 65.4 Å². The average molecular weight is 1390 g/mol. The molecule has 17 nitrogen and oxygen atoms in total. The van der Waals surface area contributed by atoms with Gasteiger partial charge in [0.15, 0.2) is 12.2 Å². The molecular formula is C76H144O17P2. The molecule has 0 heterocycles. The molecule has 0 spiro atoms. The third kappa shape index (κ3) is 69.8. The molecule has 3 N–H and O–H groups in total. The number of carbonyl (C=O) groups excluding carboxylic acids is 4. The predicted molar refractivity (Wildman–Crippen MR) is 386 cm³/mol. The molecule has 95 heavy (non-hydrogen) atoms. The van der Waals surface area contributed by atoms with E-state index in [1.165, 1.54) is 193 Å². The van der Waals surface area contributed by atoms with Crippen LogP contribution < -0.4 is 0 Å². The first-order chi connectivity index (χ1) is 46.2. The molecule has 0 aliphatic carbocycles. The van der Waals surface area contributed by atoms with E-state index in [0.29, 0.717) is 25.7 Å². The van der Waals surface area contributed by atoms with Crippen molar-refractivity contribution in [3.05, 3.63) is 24.3 Å². The SMILES string of the molecule is CCCCCC/C=C\C=C/CCCCCCCC(=O)OC[C@H](COP(=O)(O)OC[C@@H](O)COP(=O)(O)OC[C@@H](COC(=O)CCCCCCCCCCC)OC(=O)CCCCCCCCCCCCCCCCC)OC(=O)CCCCCCCCCCCCCCCCCC. The van der Waals surface area contributed by atoms with E-state index < -0.39 is 97.5 Å². The van der Waals surface area contributed by atoms with Crippen molar-refractivity contribution in [2.24, 2.45) is 0 Å². The van der Waals surface area contributed by atoms with Gasteiger partial charge in [-0.1, -0.05) is 328 Å². The standard InChI is InChI=1S/C76H144O17P2/c1-5-9-13-17-21-25-28-31-34-37-40-43-47-51-55-59-63-76(81)93-72(67-87-74(79)61-57-53-49-45-41-38-35-32-29-26-22-18-14-10-6-2)69-91-95(84,85)89-65-70(77)64-88-94(82,83)90-68-71(66-86-73(78)60-56-52-48-44-24-20-16-12-8-4)92-75(80)62-58-54-50-46-42-39-36-33-30-27-23-19-15-11-7-3/h26,29,32,35,70-72,77H,5-25,27-28,30-31,33-34,36-69H2,1-4H3,(H,82,83)(H,84,85)/b29-26-,35-32-/t70-,71+,72+/m0/s1. The Morgan fingerprint density at radius 1 is 0.295 bits per heavy atom. The number of allylic oxidation sites excluding steroid dienone is 4. The fourth-order valence-corrected chi connectivity index (χ4v) is 12.8. The molecule has 0 aliphatic heterocycles. The van der Waals surface area contributed by atoms with Crippen molar-refractivity contribution in [2.45, 2.75) is 399 Å². The summed E-state index contributed by atoms with van der Waals surface area (Å²) in [6, 6.07) is 0. The zero-order chi connectivity index (χ0) is 69.7. The fourth-order valence-electron chi connectivity index (χ4n) is 11.2. The quantitative estimate of drug-likeness (QED) is 0.0169. The zero-order valence-corrected chi connectivity index (χ0v) is 62.9. The minimum Gasteiger partial charge on any atom is -0.462 e. The van der Waals surface area contributed by atoms with E-state index in [0.717, 1.165) is 109 Å². The van der Waals surface area contributed by atoms with Gasteiger partial charge in [-0.2, -0.15) is 0 Å². The summed E-state index contributed by atoms with van der Waals surface area (Å²) < 4.78 is 68.5. The molecule has 0 saturated carbocycles. The summed E-state index contributed by atoms with van der Waals surface area (Å²) in [7, 11) is -9.92. The maximum Gasteiger partial charge on any atom is 0.472 e. The van der Waals surface area contributed by atoms with E-state index >= 15 is 0 Å². The van der Waals surface area contributed by atoms with Crippen LogP contribution in [0.25, 0.3) is 0 Å². The Kier molecular flexibility index (Phi) is 68.2. The summed E-state index contributed by atoms with van der Waals surface area (Å²) in [4.78, 5) is 72.8. The number of unbranched alkanes of at least 4 members (excludes halogenated alkanes) is 46. The van der Waals surface area contributed by atoms with Crippen LogP contribution in [0.4, 0.5) is 0 Å². The predicted octanol–water partition coefficient (Wildman–Crippen LogP) is 22.2. The molecule has 0 saturated heterocycles. The van der Waals surface area contributed by atoms with Crippen molar-refractivity contribution in [2.75, 3.05) is 39.6 Å². The van der Waals surface area contributed by atoms with Crippen LogP contribution in [-0.4, -0.2) is 96.7 Å². The smallest absolute Gasteiger partial charge is 0.462 e. The third-order valence-electron chi connectivity index (χ3n) is 17.2. The molecule has 0 aromatic rings. The summed E-state index contributed by atoms with van der Waals surface area (Å²) in [6.45, 7) is 4.92. The molecule has 0 radical (unpaired) electrons. The van der Waals surface area contributed by atoms with Gasteiger partial charge in [-0.3, -0.25) is 37.3 Å². The number of esters is 4. The van der Waals surface area contributed by atoms with Crippen molar-refractivity contribution in [3.63, 3.8) is 0 Å². The number of aliphatic hydroxyl groups is 1. The van der Waals surface area contributed by atoms with Gasteiger partial charge in [0, 0.05) is 25.7 Å². The topological polar surface area (TPSA) is 237 Å². The van der Waals surface area contributed by atoms with Crippen LogP contribution >= 0.6 is 15.6 Å². The van der Waals surface area contributed by atoms with Crippen molar-refractivity contribution in [3.8, 4) is 0 Å². The Labute approximate surface area is 580 Å². The first-order valence-corrected chi connectivity index (χ1v) is 42.1. The molecule has 0 aliphatic rings. The van der Waals surface area contributed by atoms with Gasteiger partial charge in [0.2, 0.25) is 0 Å². The minimum absolute atomic E-state index is 0.102. The average Bonchev–Trinajstić information content (AvgIpc) is 2.63. The molecule has 0 rings (SSSR count). The molecule has 2 unspecified atom stereocenters. The second-order valence-corrected chi connectivity index (χ2v) is 29.6. The van der Waals surface area contributed by atoms with Gasteiger partial charge < -0.3 is 33.8 Å². The Morgan fingerprint density at radius 3 is 0.768 bits per heavy atom. The lowest BCUT2D eigenvalue weighted by Crippen LogP contribution is -2.30. The van der Waals surface area contributed by atoms with E-state index in [1.807, 2.05) is 0 Å². The van der Waals surface area contributed by atoms with E-state index in [-0.39, 0.29) is 25.7 Å². The molecule has 19 heteroatoms. The van der Waals surface area contributed by atoms with Crippen LogP contribution in [0.5, 0.6) is 0 Å². The van der Waals surface area contributed by atoms with Gasteiger partial charge >= 0.3 is 39.5 Å². The maximum absolute atomic E-state index is 13.1. The first-order valence-electron chi connectivity index (χ1n) is 39.1. The largest absolute Gasteiger partial charge is 0.472 e. The van der Waals surface area contributed by atoms with Crippen molar-refractivity contribution in [1.29, 1.82) is 0 Å². The Bertz CT molecular complexity index is 1900. The van der Waals surface area contributed by atoms with Gasteiger partial charge in [-0.05, 0) is 51.4 Å². The normalized spacial score (nSPS) is 14.1. The molecule has 560 valence electrons. The second-order valence-electron chi connectivity index (χ2n) is 26.7. The maximum atomic E-state index is 13.1. The summed E-state index contributed by atoms with van der Waals surface area (Å²) >= 11 is 0.